The molecule has 88 valence electrons. The Morgan fingerprint density at radius 2 is 2.13 bits per heavy atom. The van der Waals surface area contributed by atoms with Crippen molar-refractivity contribution in [3.63, 3.8) is 0 Å². The third kappa shape index (κ3) is 4.31. The highest BCUT2D eigenvalue weighted by Crippen LogP contribution is 2.25. The first-order chi connectivity index (χ1) is 7.27. The van der Waals surface area contributed by atoms with Crippen LogP contribution in [0.5, 0.6) is 0 Å². The first-order valence-electron chi connectivity index (χ1n) is 6.08. The molecule has 0 aromatic carbocycles. The van der Waals surface area contributed by atoms with Gasteiger partial charge in [0.25, 0.3) is 0 Å². The first-order valence-corrected chi connectivity index (χ1v) is 6.08. The molecule has 2 atom stereocenters. The molecule has 1 saturated heterocycles. The topological polar surface area (TPSA) is 41.1 Å². The zero-order chi connectivity index (χ0) is 11.1. The second-order valence-electron chi connectivity index (χ2n) is 4.79. The smallest absolute Gasteiger partial charge is 0.123 e. The highest BCUT2D eigenvalue weighted by molar-refractivity contribution is 5.54. The number of rotatable bonds is 6. The summed E-state index contributed by atoms with van der Waals surface area (Å²) in [5, 5.41) is 6.52. The average molecular weight is 212 g/mol. The minimum Gasteiger partial charge on any atom is -0.319 e. The van der Waals surface area contributed by atoms with Gasteiger partial charge in [-0.05, 0) is 57.8 Å². The summed E-state index contributed by atoms with van der Waals surface area (Å²) in [4.78, 5) is 11.1. The van der Waals surface area contributed by atoms with Gasteiger partial charge in [-0.3, -0.25) is 0 Å². The van der Waals surface area contributed by atoms with E-state index in [-0.39, 0.29) is 5.92 Å². The summed E-state index contributed by atoms with van der Waals surface area (Å²) in [5.41, 5.74) is 0. The predicted molar refractivity (Wildman–Crippen MR) is 62.9 cm³/mol. The van der Waals surface area contributed by atoms with Gasteiger partial charge in [0.1, 0.15) is 6.29 Å². The van der Waals surface area contributed by atoms with E-state index < -0.39 is 0 Å². The minimum atomic E-state index is 0.274. The molecule has 0 aromatic rings. The zero-order valence-electron chi connectivity index (χ0n) is 9.96. The molecular formula is C12H24N2O. The van der Waals surface area contributed by atoms with Crippen LogP contribution in [0.4, 0.5) is 0 Å². The van der Waals surface area contributed by atoms with Gasteiger partial charge in [-0.1, -0.05) is 6.92 Å². The molecule has 0 saturated carbocycles. The number of nitrogens with one attached hydrogen (secondary N) is 2. The Labute approximate surface area is 93.0 Å². The van der Waals surface area contributed by atoms with Gasteiger partial charge in [-0.2, -0.15) is 0 Å². The summed E-state index contributed by atoms with van der Waals surface area (Å²) >= 11 is 0. The highest BCUT2D eigenvalue weighted by Gasteiger charge is 2.24. The third-order valence-electron chi connectivity index (χ3n) is 3.39. The van der Waals surface area contributed by atoms with Crippen molar-refractivity contribution < 1.29 is 4.79 Å². The van der Waals surface area contributed by atoms with Crippen LogP contribution in [0.2, 0.25) is 0 Å². The molecule has 0 spiro atoms. The minimum absolute atomic E-state index is 0.274. The van der Waals surface area contributed by atoms with Crippen molar-refractivity contribution in [3.05, 3.63) is 0 Å². The van der Waals surface area contributed by atoms with Crippen LogP contribution < -0.4 is 10.6 Å². The summed E-state index contributed by atoms with van der Waals surface area (Å²) in [7, 11) is 1.97. The average Bonchev–Trinajstić information content (AvgIpc) is 2.27. The maximum absolute atomic E-state index is 11.1. The summed E-state index contributed by atoms with van der Waals surface area (Å²) in [6, 6.07) is 0. The molecule has 3 heteroatoms. The summed E-state index contributed by atoms with van der Waals surface area (Å²) in [6.07, 6.45) is 4.54. The molecule has 0 aliphatic carbocycles. The lowest BCUT2D eigenvalue weighted by atomic mass is 9.81. The molecule has 1 fully saturated rings. The van der Waals surface area contributed by atoms with E-state index in [2.05, 4.69) is 17.6 Å². The number of aldehydes is 1. The van der Waals surface area contributed by atoms with Crippen molar-refractivity contribution in [1.82, 2.24) is 10.6 Å². The van der Waals surface area contributed by atoms with Gasteiger partial charge >= 0.3 is 0 Å². The van der Waals surface area contributed by atoms with E-state index in [1.165, 1.54) is 6.29 Å². The van der Waals surface area contributed by atoms with Crippen molar-refractivity contribution in [2.45, 2.75) is 26.2 Å². The summed E-state index contributed by atoms with van der Waals surface area (Å²) in [5.74, 6) is 1.48. The van der Waals surface area contributed by atoms with Crippen molar-refractivity contribution in [2.24, 2.45) is 17.8 Å². The third-order valence-corrected chi connectivity index (χ3v) is 3.39. The van der Waals surface area contributed by atoms with Crippen LogP contribution in [-0.4, -0.2) is 33.0 Å². The van der Waals surface area contributed by atoms with Crippen molar-refractivity contribution in [1.29, 1.82) is 0 Å². The largest absolute Gasteiger partial charge is 0.319 e. The molecule has 1 heterocycles. The van der Waals surface area contributed by atoms with Gasteiger partial charge in [-0.15, -0.1) is 0 Å². The van der Waals surface area contributed by atoms with Crippen LogP contribution in [0.25, 0.3) is 0 Å². The zero-order valence-corrected chi connectivity index (χ0v) is 9.96. The van der Waals surface area contributed by atoms with E-state index in [0.29, 0.717) is 11.8 Å². The monoisotopic (exact) mass is 212 g/mol. The number of carbonyl (C=O) groups is 1. The molecule has 0 aromatic heterocycles. The Kier molecular flexibility index (Phi) is 5.88. The van der Waals surface area contributed by atoms with E-state index in [1.807, 2.05) is 7.05 Å². The molecule has 3 nitrogen and oxygen atoms in total. The number of piperidine rings is 1. The molecule has 0 amide bonds. The van der Waals surface area contributed by atoms with Crippen LogP contribution in [0, 0.1) is 17.8 Å². The lowest BCUT2D eigenvalue weighted by molar-refractivity contribution is -0.113. The predicted octanol–water partition coefficient (Wildman–Crippen LogP) is 1.05. The molecule has 1 rings (SSSR count). The first kappa shape index (κ1) is 12.7. The Morgan fingerprint density at radius 3 is 2.67 bits per heavy atom. The lowest BCUT2D eigenvalue weighted by Crippen LogP contribution is -2.33. The van der Waals surface area contributed by atoms with Gasteiger partial charge in [0.15, 0.2) is 0 Å². The Hall–Kier alpha value is -0.410. The Bertz CT molecular complexity index is 178. The normalized spacial score (nSPS) is 22.3. The van der Waals surface area contributed by atoms with Gasteiger partial charge in [0.05, 0.1) is 0 Å². The van der Waals surface area contributed by atoms with Crippen LogP contribution >= 0.6 is 0 Å². The van der Waals surface area contributed by atoms with Crippen molar-refractivity contribution in [2.75, 3.05) is 26.7 Å². The van der Waals surface area contributed by atoms with Crippen molar-refractivity contribution in [3.8, 4) is 0 Å². The second kappa shape index (κ2) is 6.96. The molecule has 15 heavy (non-hydrogen) atoms. The summed E-state index contributed by atoms with van der Waals surface area (Å²) < 4.78 is 0. The van der Waals surface area contributed by atoms with E-state index in [9.17, 15) is 4.79 Å². The maximum Gasteiger partial charge on any atom is 0.123 e. The lowest BCUT2D eigenvalue weighted by Gasteiger charge is -2.28. The van der Waals surface area contributed by atoms with E-state index in [4.69, 9.17) is 0 Å². The number of hydrogen-bond donors (Lipinski definition) is 2. The Balaban J connectivity index is 2.36. The number of carbonyl (C=O) groups excluding carboxylic acids is 1. The standard InChI is InChI=1S/C12H24N2O/c1-10(8-13-2)7-12(9-15)11-3-5-14-6-4-11/h9-14H,3-8H2,1-2H3. The SMILES string of the molecule is CNCC(C)CC(C=O)C1CCNCC1. The van der Waals surface area contributed by atoms with E-state index in [1.54, 1.807) is 0 Å². The molecular weight excluding hydrogens is 188 g/mol. The molecule has 2 N–H and O–H groups in total. The van der Waals surface area contributed by atoms with Crippen molar-refractivity contribution >= 4 is 6.29 Å². The fourth-order valence-corrected chi connectivity index (χ4v) is 2.53. The van der Waals surface area contributed by atoms with E-state index >= 15 is 0 Å². The molecule has 0 radical (unpaired) electrons. The molecule has 0 bridgehead atoms. The van der Waals surface area contributed by atoms with Gasteiger partial charge in [-0.25, -0.2) is 0 Å². The molecule has 2 unspecified atom stereocenters. The van der Waals surface area contributed by atoms with Crippen LogP contribution in [0.15, 0.2) is 0 Å². The van der Waals surface area contributed by atoms with Gasteiger partial charge < -0.3 is 15.4 Å². The second-order valence-corrected chi connectivity index (χ2v) is 4.79. The quantitative estimate of drug-likeness (QED) is 0.647. The van der Waals surface area contributed by atoms with E-state index in [0.717, 1.165) is 38.9 Å². The van der Waals surface area contributed by atoms with Crippen LogP contribution in [-0.2, 0) is 4.79 Å². The highest BCUT2D eigenvalue weighted by atomic mass is 16.1. The Morgan fingerprint density at radius 1 is 1.47 bits per heavy atom. The van der Waals surface area contributed by atoms with Gasteiger partial charge in [0.2, 0.25) is 0 Å². The maximum atomic E-state index is 11.1. The number of hydrogen-bond acceptors (Lipinski definition) is 3. The summed E-state index contributed by atoms with van der Waals surface area (Å²) in [6.45, 7) is 5.38. The van der Waals surface area contributed by atoms with Crippen LogP contribution in [0.3, 0.4) is 0 Å². The fraction of sp³-hybridized carbons (Fsp3) is 0.917. The molecule has 1 aliphatic heterocycles. The molecule has 1 aliphatic rings. The van der Waals surface area contributed by atoms with Crippen LogP contribution in [0.1, 0.15) is 26.2 Å². The fourth-order valence-electron chi connectivity index (χ4n) is 2.53. The van der Waals surface area contributed by atoms with Gasteiger partial charge in [0, 0.05) is 5.92 Å².